The monoisotopic (exact) mass is 287 g/mol. The van der Waals surface area contributed by atoms with Gasteiger partial charge in [-0.2, -0.15) is 0 Å². The van der Waals surface area contributed by atoms with E-state index >= 15 is 0 Å². The van der Waals surface area contributed by atoms with E-state index in [2.05, 4.69) is 23.7 Å². The largest absolute Gasteiger partial charge is 0.445 e. The van der Waals surface area contributed by atoms with Crippen molar-refractivity contribution in [3.63, 3.8) is 0 Å². The van der Waals surface area contributed by atoms with Crippen LogP contribution >= 0.6 is 11.3 Å². The molecule has 1 heterocycles. The third-order valence-electron chi connectivity index (χ3n) is 3.59. The maximum atomic E-state index is 11.9. The number of ether oxygens (including phenoxy) is 1. The van der Waals surface area contributed by atoms with E-state index in [1.165, 1.54) is 10.4 Å². The van der Waals surface area contributed by atoms with Crippen molar-refractivity contribution in [1.82, 2.24) is 5.32 Å². The van der Waals surface area contributed by atoms with E-state index in [1.807, 2.05) is 30.3 Å². The Labute approximate surface area is 122 Å². The third-order valence-corrected chi connectivity index (χ3v) is 4.55. The number of carbonyl (C=O) groups is 1. The standard InChI is InChI=1S/C16H17NO2S/c1-16(9-13-7-8-20-14(13)10-16)17-15(18)19-11-12-5-3-2-4-6-12/h2-8H,9-11H2,1H3,(H,17,18). The fourth-order valence-electron chi connectivity index (χ4n) is 2.61. The van der Waals surface area contributed by atoms with E-state index in [0.29, 0.717) is 6.61 Å². The van der Waals surface area contributed by atoms with Crippen molar-refractivity contribution in [3.8, 4) is 0 Å². The van der Waals surface area contributed by atoms with Crippen LogP contribution in [0.3, 0.4) is 0 Å². The quantitative estimate of drug-likeness (QED) is 0.938. The molecule has 1 N–H and O–H groups in total. The molecule has 1 aliphatic rings. The summed E-state index contributed by atoms with van der Waals surface area (Å²) in [7, 11) is 0. The number of hydrogen-bond donors (Lipinski definition) is 1. The van der Waals surface area contributed by atoms with Crippen molar-refractivity contribution in [1.29, 1.82) is 0 Å². The molecule has 1 aromatic carbocycles. The zero-order valence-corrected chi connectivity index (χ0v) is 12.2. The van der Waals surface area contributed by atoms with E-state index in [9.17, 15) is 4.79 Å². The predicted molar refractivity (Wildman–Crippen MR) is 79.9 cm³/mol. The highest BCUT2D eigenvalue weighted by atomic mass is 32.1. The van der Waals surface area contributed by atoms with Crippen molar-refractivity contribution < 1.29 is 9.53 Å². The number of thiophene rings is 1. The van der Waals surface area contributed by atoms with Crippen LogP contribution in [0.2, 0.25) is 0 Å². The molecule has 1 aliphatic carbocycles. The molecule has 1 unspecified atom stereocenters. The van der Waals surface area contributed by atoms with E-state index < -0.39 is 0 Å². The summed E-state index contributed by atoms with van der Waals surface area (Å²) in [6.45, 7) is 2.38. The normalized spacial score (nSPS) is 20.4. The Morgan fingerprint density at radius 2 is 2.10 bits per heavy atom. The Hall–Kier alpha value is -1.81. The molecule has 3 rings (SSSR count). The number of fused-ring (bicyclic) bond motifs is 1. The van der Waals surface area contributed by atoms with Gasteiger partial charge in [-0.15, -0.1) is 11.3 Å². The van der Waals surface area contributed by atoms with E-state index in [0.717, 1.165) is 18.4 Å². The first-order valence-corrected chi connectivity index (χ1v) is 7.57. The minimum atomic E-state index is -0.341. The lowest BCUT2D eigenvalue weighted by molar-refractivity contribution is 0.128. The highest BCUT2D eigenvalue weighted by Gasteiger charge is 2.35. The smallest absolute Gasteiger partial charge is 0.407 e. The van der Waals surface area contributed by atoms with Crippen molar-refractivity contribution in [2.75, 3.05) is 0 Å². The second-order valence-electron chi connectivity index (χ2n) is 5.47. The van der Waals surface area contributed by atoms with Gasteiger partial charge >= 0.3 is 6.09 Å². The highest BCUT2D eigenvalue weighted by molar-refractivity contribution is 7.10. The number of hydrogen-bond acceptors (Lipinski definition) is 3. The summed E-state index contributed by atoms with van der Waals surface area (Å²) < 4.78 is 5.28. The average Bonchev–Trinajstić information content (AvgIpc) is 2.95. The zero-order chi connectivity index (χ0) is 14.0. The summed E-state index contributed by atoms with van der Waals surface area (Å²) in [5.41, 5.74) is 2.13. The van der Waals surface area contributed by atoms with Crippen LogP contribution in [0.5, 0.6) is 0 Å². The summed E-state index contributed by atoms with van der Waals surface area (Å²) in [5.74, 6) is 0. The molecule has 0 bridgehead atoms. The van der Waals surface area contributed by atoms with Gasteiger partial charge in [-0.1, -0.05) is 30.3 Å². The van der Waals surface area contributed by atoms with Crippen LogP contribution < -0.4 is 5.32 Å². The number of alkyl carbamates (subject to hydrolysis) is 1. The molecule has 0 saturated heterocycles. The van der Waals surface area contributed by atoms with Crippen LogP contribution in [-0.4, -0.2) is 11.6 Å². The molecular weight excluding hydrogens is 270 g/mol. The Kier molecular flexibility index (Phi) is 3.49. The second kappa shape index (κ2) is 5.29. The molecule has 4 heteroatoms. The van der Waals surface area contributed by atoms with Gasteiger partial charge in [-0.3, -0.25) is 0 Å². The number of rotatable bonds is 3. The molecule has 0 fully saturated rings. The molecule has 1 amide bonds. The van der Waals surface area contributed by atoms with Gasteiger partial charge < -0.3 is 10.1 Å². The molecule has 1 aromatic heterocycles. The summed E-state index contributed by atoms with van der Waals surface area (Å²) in [5, 5.41) is 5.11. The summed E-state index contributed by atoms with van der Waals surface area (Å²) in [6, 6.07) is 11.9. The summed E-state index contributed by atoms with van der Waals surface area (Å²) in [6.07, 6.45) is 1.43. The van der Waals surface area contributed by atoms with Crippen molar-refractivity contribution in [2.24, 2.45) is 0 Å². The van der Waals surface area contributed by atoms with Crippen LogP contribution in [-0.2, 0) is 24.2 Å². The third kappa shape index (κ3) is 2.85. The van der Waals surface area contributed by atoms with Gasteiger partial charge in [-0.25, -0.2) is 4.79 Å². The Balaban J connectivity index is 1.53. The second-order valence-corrected chi connectivity index (χ2v) is 6.47. The number of carbonyl (C=O) groups excluding carboxylic acids is 1. The average molecular weight is 287 g/mol. The summed E-state index contributed by atoms with van der Waals surface area (Å²) in [4.78, 5) is 13.3. The van der Waals surface area contributed by atoms with E-state index in [-0.39, 0.29) is 11.6 Å². The summed E-state index contributed by atoms with van der Waals surface area (Å²) >= 11 is 1.76. The van der Waals surface area contributed by atoms with Gasteiger partial charge in [-0.05, 0) is 35.9 Å². The Morgan fingerprint density at radius 3 is 2.85 bits per heavy atom. The fourth-order valence-corrected chi connectivity index (χ4v) is 3.70. The minimum absolute atomic E-state index is 0.212. The minimum Gasteiger partial charge on any atom is -0.445 e. The predicted octanol–water partition coefficient (Wildman–Crippen LogP) is 3.53. The number of nitrogens with one attached hydrogen (secondary N) is 1. The lowest BCUT2D eigenvalue weighted by Gasteiger charge is -2.24. The number of amides is 1. The molecule has 0 spiro atoms. The zero-order valence-electron chi connectivity index (χ0n) is 11.4. The molecule has 0 saturated carbocycles. The van der Waals surface area contributed by atoms with Gasteiger partial charge in [0.25, 0.3) is 0 Å². The molecule has 0 aliphatic heterocycles. The van der Waals surface area contributed by atoms with E-state index in [4.69, 9.17) is 4.74 Å². The van der Waals surface area contributed by atoms with Crippen LogP contribution in [0.15, 0.2) is 41.8 Å². The van der Waals surface area contributed by atoms with E-state index in [1.54, 1.807) is 11.3 Å². The fraction of sp³-hybridized carbons (Fsp3) is 0.312. The molecule has 2 aromatic rings. The molecule has 20 heavy (non-hydrogen) atoms. The van der Waals surface area contributed by atoms with Crippen LogP contribution in [0, 0.1) is 0 Å². The highest BCUT2D eigenvalue weighted by Crippen LogP contribution is 2.33. The Bertz CT molecular complexity index is 585. The molecule has 3 nitrogen and oxygen atoms in total. The van der Waals surface area contributed by atoms with Gasteiger partial charge in [0, 0.05) is 16.8 Å². The van der Waals surface area contributed by atoms with Crippen LogP contribution in [0.1, 0.15) is 22.9 Å². The van der Waals surface area contributed by atoms with Crippen molar-refractivity contribution in [3.05, 3.63) is 57.8 Å². The molecule has 1 atom stereocenters. The SMILES string of the molecule is CC1(NC(=O)OCc2ccccc2)Cc2ccsc2C1. The van der Waals surface area contributed by atoms with Crippen LogP contribution in [0.4, 0.5) is 4.79 Å². The Morgan fingerprint density at radius 1 is 1.30 bits per heavy atom. The van der Waals surface area contributed by atoms with Crippen molar-refractivity contribution >= 4 is 17.4 Å². The topological polar surface area (TPSA) is 38.3 Å². The first-order valence-electron chi connectivity index (χ1n) is 6.69. The lowest BCUT2D eigenvalue weighted by atomic mass is 9.99. The molecule has 0 radical (unpaired) electrons. The van der Waals surface area contributed by atoms with Gasteiger partial charge in [0.2, 0.25) is 0 Å². The van der Waals surface area contributed by atoms with Crippen molar-refractivity contribution in [2.45, 2.75) is 31.9 Å². The molecule has 104 valence electrons. The first-order chi connectivity index (χ1) is 9.65. The van der Waals surface area contributed by atoms with Gasteiger partial charge in [0.05, 0.1) is 0 Å². The van der Waals surface area contributed by atoms with Gasteiger partial charge in [0.1, 0.15) is 6.61 Å². The maximum absolute atomic E-state index is 11.9. The lowest BCUT2D eigenvalue weighted by Crippen LogP contribution is -2.46. The van der Waals surface area contributed by atoms with Gasteiger partial charge in [0.15, 0.2) is 0 Å². The maximum Gasteiger partial charge on any atom is 0.407 e. The van der Waals surface area contributed by atoms with Crippen LogP contribution in [0.25, 0.3) is 0 Å². The first kappa shape index (κ1) is 13.2. The number of benzene rings is 1. The molecular formula is C16H17NO2S.